The van der Waals surface area contributed by atoms with E-state index in [4.69, 9.17) is 4.74 Å². The van der Waals surface area contributed by atoms with Gasteiger partial charge >= 0.3 is 0 Å². The Kier molecular flexibility index (Phi) is 8.18. The molecular formula is C15H31N3O3. The molecule has 0 unspecified atom stereocenters. The van der Waals surface area contributed by atoms with E-state index in [1.807, 2.05) is 13.8 Å². The van der Waals surface area contributed by atoms with Crippen LogP contribution in [0.25, 0.3) is 0 Å². The number of ether oxygens (including phenoxy) is 1. The lowest BCUT2D eigenvalue weighted by Crippen LogP contribution is -2.58. The van der Waals surface area contributed by atoms with Gasteiger partial charge in [-0.25, -0.2) is 0 Å². The molecule has 0 aromatic heterocycles. The Morgan fingerprint density at radius 1 is 1.43 bits per heavy atom. The summed E-state index contributed by atoms with van der Waals surface area (Å²) < 4.78 is 4.97. The van der Waals surface area contributed by atoms with Crippen LogP contribution in [-0.2, 0) is 9.53 Å². The summed E-state index contributed by atoms with van der Waals surface area (Å²) in [5.41, 5.74) is 0. The summed E-state index contributed by atoms with van der Waals surface area (Å²) in [7, 11) is 1.67. The summed E-state index contributed by atoms with van der Waals surface area (Å²) in [6, 6.07) is 0.251. The summed E-state index contributed by atoms with van der Waals surface area (Å²) in [6.07, 6.45) is 0.536. The van der Waals surface area contributed by atoms with Gasteiger partial charge in [-0.1, -0.05) is 0 Å². The summed E-state index contributed by atoms with van der Waals surface area (Å²) in [4.78, 5) is 16.6. The quantitative estimate of drug-likeness (QED) is 0.614. The molecule has 1 heterocycles. The van der Waals surface area contributed by atoms with Gasteiger partial charge in [0.1, 0.15) is 0 Å². The molecule has 0 aromatic carbocycles. The number of methoxy groups -OCH3 is 1. The molecule has 1 saturated heterocycles. The normalized spacial score (nSPS) is 23.8. The van der Waals surface area contributed by atoms with E-state index in [9.17, 15) is 9.90 Å². The molecule has 0 saturated carbocycles. The van der Waals surface area contributed by atoms with E-state index < -0.39 is 0 Å². The first-order valence-corrected chi connectivity index (χ1v) is 7.88. The maximum atomic E-state index is 12.1. The van der Waals surface area contributed by atoms with Gasteiger partial charge in [0, 0.05) is 52.5 Å². The average Bonchev–Trinajstić information content (AvgIpc) is 2.44. The summed E-state index contributed by atoms with van der Waals surface area (Å²) in [5.74, 6) is 0.0854. The SMILES string of the molecule is COCCCNC(=O)[C@H](C)N1CCN(C[C@H](C)O)[C@H](C)C1. The van der Waals surface area contributed by atoms with Gasteiger partial charge in [0.25, 0.3) is 0 Å². The Balaban J connectivity index is 2.35. The number of hydrogen-bond donors (Lipinski definition) is 2. The Morgan fingerprint density at radius 2 is 2.14 bits per heavy atom. The molecule has 0 bridgehead atoms. The van der Waals surface area contributed by atoms with Crippen molar-refractivity contribution in [1.29, 1.82) is 0 Å². The lowest BCUT2D eigenvalue weighted by molar-refractivity contribution is -0.127. The number of amides is 1. The fourth-order valence-electron chi connectivity index (χ4n) is 2.73. The molecule has 6 nitrogen and oxygen atoms in total. The summed E-state index contributed by atoms with van der Waals surface area (Å²) in [6.45, 7) is 10.6. The Labute approximate surface area is 128 Å². The number of nitrogens with zero attached hydrogens (tertiary/aromatic N) is 2. The van der Waals surface area contributed by atoms with Gasteiger partial charge in [0.2, 0.25) is 5.91 Å². The minimum Gasteiger partial charge on any atom is -0.392 e. The van der Waals surface area contributed by atoms with Gasteiger partial charge in [0.05, 0.1) is 12.1 Å². The lowest BCUT2D eigenvalue weighted by atomic mass is 10.1. The molecule has 0 spiro atoms. The van der Waals surface area contributed by atoms with Crippen LogP contribution in [0.1, 0.15) is 27.2 Å². The third-order valence-electron chi connectivity index (χ3n) is 4.05. The number of nitrogens with one attached hydrogen (secondary N) is 1. The first-order chi connectivity index (χ1) is 9.95. The molecule has 6 heteroatoms. The lowest BCUT2D eigenvalue weighted by Gasteiger charge is -2.42. The molecule has 0 aromatic rings. The van der Waals surface area contributed by atoms with E-state index >= 15 is 0 Å². The summed E-state index contributed by atoms with van der Waals surface area (Å²) >= 11 is 0. The van der Waals surface area contributed by atoms with E-state index in [0.29, 0.717) is 25.7 Å². The van der Waals surface area contributed by atoms with Crippen molar-refractivity contribution in [3.63, 3.8) is 0 Å². The molecular weight excluding hydrogens is 270 g/mol. The van der Waals surface area contributed by atoms with Crippen molar-refractivity contribution in [1.82, 2.24) is 15.1 Å². The van der Waals surface area contributed by atoms with E-state index in [0.717, 1.165) is 26.1 Å². The zero-order valence-corrected chi connectivity index (χ0v) is 13.8. The second-order valence-electron chi connectivity index (χ2n) is 6.00. The molecule has 0 aliphatic carbocycles. The highest BCUT2D eigenvalue weighted by Crippen LogP contribution is 2.13. The number of aliphatic hydroxyl groups is 1. The standard InChI is InChI=1S/C15H31N3O3/c1-12-10-18(8-7-17(12)11-13(2)19)14(3)15(20)16-6-5-9-21-4/h12-14,19H,5-11H2,1-4H3,(H,16,20)/t12-,13+,14+/m1/s1. The number of hydrogen-bond acceptors (Lipinski definition) is 5. The Morgan fingerprint density at radius 3 is 2.71 bits per heavy atom. The average molecular weight is 301 g/mol. The van der Waals surface area contributed by atoms with Crippen molar-refractivity contribution < 1.29 is 14.6 Å². The molecule has 1 amide bonds. The van der Waals surface area contributed by atoms with Gasteiger partial charge < -0.3 is 15.2 Å². The molecule has 0 radical (unpaired) electrons. The van der Waals surface area contributed by atoms with Crippen LogP contribution in [0.5, 0.6) is 0 Å². The molecule has 1 fully saturated rings. The van der Waals surface area contributed by atoms with Gasteiger partial charge in [-0.3, -0.25) is 14.6 Å². The fraction of sp³-hybridized carbons (Fsp3) is 0.933. The van der Waals surface area contributed by atoms with Crippen molar-refractivity contribution >= 4 is 5.91 Å². The first-order valence-electron chi connectivity index (χ1n) is 7.88. The van der Waals surface area contributed by atoms with E-state index in [1.54, 1.807) is 7.11 Å². The monoisotopic (exact) mass is 301 g/mol. The second kappa shape index (κ2) is 9.35. The number of aliphatic hydroxyl groups excluding tert-OH is 1. The Hall–Kier alpha value is -0.690. The molecule has 2 N–H and O–H groups in total. The third kappa shape index (κ3) is 6.30. The predicted molar refractivity (Wildman–Crippen MR) is 83.3 cm³/mol. The van der Waals surface area contributed by atoms with Crippen molar-refractivity contribution in [2.45, 2.75) is 45.4 Å². The number of carbonyl (C=O) groups excluding carboxylic acids is 1. The molecule has 124 valence electrons. The van der Waals surface area contributed by atoms with Crippen LogP contribution in [-0.4, -0.2) is 85.4 Å². The number of rotatable bonds is 8. The van der Waals surface area contributed by atoms with Crippen LogP contribution in [0.2, 0.25) is 0 Å². The van der Waals surface area contributed by atoms with Crippen molar-refractivity contribution in [2.24, 2.45) is 0 Å². The second-order valence-corrected chi connectivity index (χ2v) is 6.00. The maximum absolute atomic E-state index is 12.1. The maximum Gasteiger partial charge on any atom is 0.237 e. The zero-order chi connectivity index (χ0) is 15.8. The van der Waals surface area contributed by atoms with Crippen LogP contribution in [0.4, 0.5) is 0 Å². The van der Waals surface area contributed by atoms with Crippen molar-refractivity contribution in [3.8, 4) is 0 Å². The molecule has 21 heavy (non-hydrogen) atoms. The largest absolute Gasteiger partial charge is 0.392 e. The first kappa shape index (κ1) is 18.4. The van der Waals surface area contributed by atoms with Crippen LogP contribution < -0.4 is 5.32 Å². The van der Waals surface area contributed by atoms with Gasteiger partial charge in [-0.05, 0) is 27.2 Å². The highest BCUT2D eigenvalue weighted by molar-refractivity contribution is 5.81. The van der Waals surface area contributed by atoms with Crippen molar-refractivity contribution in [3.05, 3.63) is 0 Å². The third-order valence-corrected chi connectivity index (χ3v) is 4.05. The van der Waals surface area contributed by atoms with Crippen LogP contribution in [0.15, 0.2) is 0 Å². The molecule has 1 rings (SSSR count). The van der Waals surface area contributed by atoms with Crippen LogP contribution in [0.3, 0.4) is 0 Å². The molecule has 1 aliphatic heterocycles. The number of piperazine rings is 1. The Bertz CT molecular complexity index is 313. The predicted octanol–water partition coefficient (Wildman–Crippen LogP) is -0.0855. The van der Waals surface area contributed by atoms with E-state index in [2.05, 4.69) is 22.0 Å². The van der Waals surface area contributed by atoms with Crippen LogP contribution >= 0.6 is 0 Å². The number of carbonyl (C=O) groups is 1. The zero-order valence-electron chi connectivity index (χ0n) is 13.8. The fourth-order valence-corrected chi connectivity index (χ4v) is 2.73. The highest BCUT2D eigenvalue weighted by Gasteiger charge is 2.29. The van der Waals surface area contributed by atoms with Crippen molar-refractivity contribution in [2.75, 3.05) is 46.4 Å². The minimum atomic E-state index is -0.305. The van der Waals surface area contributed by atoms with E-state index in [1.165, 1.54) is 0 Å². The molecule has 3 atom stereocenters. The van der Waals surface area contributed by atoms with E-state index in [-0.39, 0.29) is 18.1 Å². The smallest absolute Gasteiger partial charge is 0.237 e. The minimum absolute atomic E-state index is 0.0854. The van der Waals surface area contributed by atoms with Gasteiger partial charge in [-0.15, -0.1) is 0 Å². The summed E-state index contributed by atoms with van der Waals surface area (Å²) in [5, 5.41) is 12.5. The number of β-amino-alcohol motifs (C(OH)–C–C–N with tert-alkyl or cyclic N) is 1. The topological polar surface area (TPSA) is 65.0 Å². The molecule has 1 aliphatic rings. The van der Waals surface area contributed by atoms with Gasteiger partial charge in [0.15, 0.2) is 0 Å². The highest BCUT2D eigenvalue weighted by atomic mass is 16.5. The van der Waals surface area contributed by atoms with Gasteiger partial charge in [-0.2, -0.15) is 0 Å². The van der Waals surface area contributed by atoms with Crippen LogP contribution in [0, 0.1) is 0 Å².